The number of morpholine rings is 1. The Bertz CT molecular complexity index is 716. The molecule has 4 rings (SSSR count). The van der Waals surface area contributed by atoms with E-state index in [9.17, 15) is 9.59 Å². The number of carbonyl (C=O) groups excluding carboxylic acids is 2. The van der Waals surface area contributed by atoms with Gasteiger partial charge in [0.15, 0.2) is 11.6 Å². The molecule has 1 unspecified atom stereocenters. The lowest BCUT2D eigenvalue weighted by molar-refractivity contribution is 0.0298. The molecule has 0 saturated carbocycles. The molecular weight excluding hydrogens is 376 g/mol. The first-order chi connectivity index (χ1) is 14.1. The van der Waals surface area contributed by atoms with E-state index in [0.717, 1.165) is 32.3 Å². The second-order valence-corrected chi connectivity index (χ2v) is 7.94. The zero-order chi connectivity index (χ0) is 20.2. The van der Waals surface area contributed by atoms with Gasteiger partial charge in [0.05, 0.1) is 19.3 Å². The number of aromatic nitrogens is 1. The van der Waals surface area contributed by atoms with Gasteiger partial charge < -0.3 is 29.0 Å². The molecule has 1 N–H and O–H groups in total. The summed E-state index contributed by atoms with van der Waals surface area (Å²) in [6.45, 7) is 6.73. The second-order valence-electron chi connectivity index (χ2n) is 7.94. The molecule has 1 aromatic rings. The maximum atomic E-state index is 12.7. The number of hydrogen-bond acceptors (Lipinski definition) is 6. The van der Waals surface area contributed by atoms with Crippen LogP contribution in [0.5, 0.6) is 0 Å². The summed E-state index contributed by atoms with van der Waals surface area (Å²) in [5.41, 5.74) is 0.402. The van der Waals surface area contributed by atoms with Crippen LogP contribution in [-0.2, 0) is 9.47 Å². The van der Waals surface area contributed by atoms with E-state index in [4.69, 9.17) is 13.9 Å². The van der Waals surface area contributed by atoms with Crippen molar-refractivity contribution in [3.8, 4) is 0 Å². The maximum absolute atomic E-state index is 12.7. The van der Waals surface area contributed by atoms with Gasteiger partial charge >= 0.3 is 6.03 Å². The van der Waals surface area contributed by atoms with E-state index in [1.165, 1.54) is 0 Å². The first-order valence-electron chi connectivity index (χ1n) is 10.6. The lowest BCUT2D eigenvalue weighted by Gasteiger charge is -2.31. The summed E-state index contributed by atoms with van der Waals surface area (Å²) in [7, 11) is 0. The van der Waals surface area contributed by atoms with Crippen LogP contribution in [0.25, 0.3) is 0 Å². The zero-order valence-corrected chi connectivity index (χ0v) is 17.0. The summed E-state index contributed by atoms with van der Waals surface area (Å²) >= 11 is 0. The lowest BCUT2D eigenvalue weighted by Crippen LogP contribution is -2.46. The van der Waals surface area contributed by atoms with Crippen molar-refractivity contribution in [2.75, 3.05) is 52.5 Å². The first kappa shape index (κ1) is 20.2. The molecule has 0 spiro atoms. The van der Waals surface area contributed by atoms with E-state index in [1.54, 1.807) is 11.8 Å². The predicted molar refractivity (Wildman–Crippen MR) is 104 cm³/mol. The number of nitrogens with one attached hydrogen (secondary N) is 1. The number of likely N-dealkylation sites (tertiary alicyclic amines) is 1. The minimum atomic E-state index is -0.0910. The van der Waals surface area contributed by atoms with Gasteiger partial charge in [-0.25, -0.2) is 9.78 Å². The van der Waals surface area contributed by atoms with E-state index in [-0.39, 0.29) is 24.0 Å². The molecule has 1 atom stereocenters. The fourth-order valence-corrected chi connectivity index (χ4v) is 4.15. The molecule has 3 fully saturated rings. The highest BCUT2D eigenvalue weighted by Crippen LogP contribution is 2.29. The van der Waals surface area contributed by atoms with Crippen LogP contribution < -0.4 is 5.32 Å². The van der Waals surface area contributed by atoms with Crippen molar-refractivity contribution < 1.29 is 23.5 Å². The third kappa shape index (κ3) is 4.72. The Kier molecular flexibility index (Phi) is 6.34. The molecule has 29 heavy (non-hydrogen) atoms. The van der Waals surface area contributed by atoms with Crippen molar-refractivity contribution in [3.63, 3.8) is 0 Å². The molecule has 0 bridgehead atoms. The number of rotatable bonds is 4. The highest BCUT2D eigenvalue weighted by atomic mass is 16.5. The number of carbonyl (C=O) groups is 2. The zero-order valence-electron chi connectivity index (χ0n) is 17.0. The van der Waals surface area contributed by atoms with Crippen LogP contribution in [0.15, 0.2) is 4.42 Å². The van der Waals surface area contributed by atoms with Crippen LogP contribution in [-0.4, -0.2) is 85.4 Å². The number of piperidine rings is 1. The van der Waals surface area contributed by atoms with Crippen molar-refractivity contribution in [3.05, 3.63) is 17.3 Å². The van der Waals surface area contributed by atoms with Gasteiger partial charge in [-0.05, 0) is 32.6 Å². The first-order valence-corrected chi connectivity index (χ1v) is 10.6. The Morgan fingerprint density at radius 2 is 1.83 bits per heavy atom. The minimum absolute atomic E-state index is 0.0364. The van der Waals surface area contributed by atoms with Crippen molar-refractivity contribution >= 4 is 11.9 Å². The van der Waals surface area contributed by atoms with Crippen LogP contribution >= 0.6 is 0 Å². The summed E-state index contributed by atoms with van der Waals surface area (Å²) < 4.78 is 16.7. The predicted octanol–water partition coefficient (Wildman–Crippen LogP) is 1.52. The molecule has 9 heteroatoms. The maximum Gasteiger partial charge on any atom is 0.317 e. The number of aryl methyl sites for hydroxylation is 1. The molecule has 9 nitrogen and oxygen atoms in total. The summed E-state index contributed by atoms with van der Waals surface area (Å²) in [4.78, 5) is 33.2. The Morgan fingerprint density at radius 3 is 2.52 bits per heavy atom. The Balaban J connectivity index is 1.29. The van der Waals surface area contributed by atoms with Gasteiger partial charge in [-0.15, -0.1) is 0 Å². The van der Waals surface area contributed by atoms with E-state index >= 15 is 0 Å². The normalized spacial score (nSPS) is 23.4. The van der Waals surface area contributed by atoms with Gasteiger partial charge in [-0.1, -0.05) is 0 Å². The van der Waals surface area contributed by atoms with E-state index in [0.29, 0.717) is 63.3 Å². The summed E-state index contributed by atoms with van der Waals surface area (Å²) in [6, 6.07) is -0.0364. The van der Waals surface area contributed by atoms with Crippen molar-refractivity contribution in [2.24, 2.45) is 0 Å². The van der Waals surface area contributed by atoms with Gasteiger partial charge in [0.2, 0.25) is 0 Å². The van der Waals surface area contributed by atoms with Gasteiger partial charge in [0.25, 0.3) is 5.91 Å². The number of urea groups is 1. The average molecular weight is 406 g/mol. The van der Waals surface area contributed by atoms with Gasteiger partial charge in [0.1, 0.15) is 5.76 Å². The van der Waals surface area contributed by atoms with Crippen LogP contribution in [0.4, 0.5) is 4.79 Å². The van der Waals surface area contributed by atoms with E-state index in [1.807, 2.05) is 4.90 Å². The molecule has 160 valence electrons. The molecule has 3 saturated heterocycles. The monoisotopic (exact) mass is 406 g/mol. The molecule has 4 heterocycles. The Labute approximate surface area is 170 Å². The number of oxazole rings is 1. The third-order valence-electron chi connectivity index (χ3n) is 5.95. The van der Waals surface area contributed by atoms with Gasteiger partial charge in [0, 0.05) is 45.2 Å². The molecule has 3 amide bonds. The summed E-state index contributed by atoms with van der Waals surface area (Å²) in [5.74, 6) is 1.21. The summed E-state index contributed by atoms with van der Waals surface area (Å²) in [6.07, 6.45) is 3.78. The molecule has 0 aromatic carbocycles. The van der Waals surface area contributed by atoms with Crippen molar-refractivity contribution in [1.82, 2.24) is 20.1 Å². The van der Waals surface area contributed by atoms with Crippen LogP contribution in [0.2, 0.25) is 0 Å². The molecule has 1 aromatic heterocycles. The number of amides is 3. The number of ether oxygens (including phenoxy) is 2. The average Bonchev–Trinajstić information content (AvgIpc) is 3.42. The SMILES string of the molecule is Cc1oc(C2CCN(C(=O)NCC3CCCO3)CC2)nc1C(=O)N1CCOCC1. The molecule has 0 radical (unpaired) electrons. The van der Waals surface area contributed by atoms with Crippen LogP contribution in [0, 0.1) is 6.92 Å². The quantitative estimate of drug-likeness (QED) is 0.814. The lowest BCUT2D eigenvalue weighted by atomic mass is 9.97. The third-order valence-corrected chi connectivity index (χ3v) is 5.95. The van der Waals surface area contributed by atoms with Crippen molar-refractivity contribution in [1.29, 1.82) is 0 Å². The fourth-order valence-electron chi connectivity index (χ4n) is 4.15. The summed E-state index contributed by atoms with van der Waals surface area (Å²) in [5, 5.41) is 2.98. The Hall–Kier alpha value is -2.13. The molecule has 3 aliphatic heterocycles. The standard InChI is InChI=1S/C20H30N4O5/c1-14-17(19(25)23-8-11-27-12-9-23)22-18(29-14)15-4-6-24(7-5-15)20(26)21-13-16-3-2-10-28-16/h15-16H,2-13H2,1H3,(H,21,26). The highest BCUT2D eigenvalue weighted by molar-refractivity contribution is 5.93. The molecule has 3 aliphatic rings. The largest absolute Gasteiger partial charge is 0.445 e. The molecule has 0 aliphatic carbocycles. The fraction of sp³-hybridized carbons (Fsp3) is 0.750. The number of nitrogens with zero attached hydrogens (tertiary/aromatic N) is 3. The topological polar surface area (TPSA) is 97.1 Å². The smallest absolute Gasteiger partial charge is 0.317 e. The molecular formula is C20H30N4O5. The second kappa shape index (κ2) is 9.13. The highest BCUT2D eigenvalue weighted by Gasteiger charge is 2.30. The van der Waals surface area contributed by atoms with Gasteiger partial charge in [-0.2, -0.15) is 0 Å². The van der Waals surface area contributed by atoms with E-state index in [2.05, 4.69) is 10.3 Å². The minimum Gasteiger partial charge on any atom is -0.445 e. The van der Waals surface area contributed by atoms with Crippen molar-refractivity contribution in [2.45, 2.75) is 44.6 Å². The Morgan fingerprint density at radius 1 is 1.07 bits per heavy atom. The van der Waals surface area contributed by atoms with Crippen LogP contribution in [0.3, 0.4) is 0 Å². The van der Waals surface area contributed by atoms with Gasteiger partial charge in [-0.3, -0.25) is 4.79 Å². The van der Waals surface area contributed by atoms with Crippen LogP contribution in [0.1, 0.15) is 53.7 Å². The number of hydrogen-bond donors (Lipinski definition) is 1. The van der Waals surface area contributed by atoms with E-state index < -0.39 is 0 Å².